The second-order valence-corrected chi connectivity index (χ2v) is 4.59. The zero-order valence-corrected chi connectivity index (χ0v) is 11.1. The number of thiophene rings is 1. The molecule has 16 heavy (non-hydrogen) atoms. The van der Waals surface area contributed by atoms with E-state index in [-0.39, 0.29) is 12.4 Å². The number of hydrogen-bond donors (Lipinski definition) is 1. The van der Waals surface area contributed by atoms with Crippen LogP contribution in [-0.2, 0) is 20.1 Å². The van der Waals surface area contributed by atoms with Crippen molar-refractivity contribution in [2.75, 3.05) is 0 Å². The second kappa shape index (κ2) is 6.03. The van der Waals surface area contributed by atoms with Crippen molar-refractivity contribution in [3.8, 4) is 0 Å². The number of aryl methyl sites for hydroxylation is 1. The smallest absolute Gasteiger partial charge is 0.0537 e. The first-order valence-electron chi connectivity index (χ1n) is 4.98. The predicted octanol–water partition coefficient (Wildman–Crippen LogP) is 2.50. The molecule has 0 atom stereocenters. The summed E-state index contributed by atoms with van der Waals surface area (Å²) in [5, 5.41) is 9.73. The molecule has 0 saturated heterocycles. The Kier molecular flexibility index (Phi) is 4.99. The summed E-state index contributed by atoms with van der Waals surface area (Å²) in [7, 11) is 1.97. The van der Waals surface area contributed by atoms with E-state index in [2.05, 4.69) is 34.9 Å². The van der Waals surface area contributed by atoms with Gasteiger partial charge in [0.05, 0.1) is 6.20 Å². The van der Waals surface area contributed by atoms with E-state index in [1.165, 1.54) is 16.1 Å². The Morgan fingerprint density at radius 3 is 2.81 bits per heavy atom. The van der Waals surface area contributed by atoms with Gasteiger partial charge in [0, 0.05) is 36.3 Å². The van der Waals surface area contributed by atoms with E-state index >= 15 is 0 Å². The Hall–Kier alpha value is -0.840. The van der Waals surface area contributed by atoms with Gasteiger partial charge in [0.2, 0.25) is 0 Å². The normalized spacial score (nSPS) is 10.1. The first-order valence-corrected chi connectivity index (χ1v) is 5.86. The standard InChI is InChI=1S/C11H15N3S.ClH/c1-9-10(7-13-14(9)2)6-12-8-11-4-3-5-15-11;/h3-5,7,12H,6,8H2,1-2H3;1H. The molecule has 1 N–H and O–H groups in total. The highest BCUT2D eigenvalue weighted by atomic mass is 35.5. The average molecular weight is 258 g/mol. The third-order valence-electron chi connectivity index (χ3n) is 2.53. The zero-order chi connectivity index (χ0) is 10.7. The van der Waals surface area contributed by atoms with Gasteiger partial charge in [-0.3, -0.25) is 4.68 Å². The van der Waals surface area contributed by atoms with Gasteiger partial charge in [0.25, 0.3) is 0 Å². The molecule has 0 aliphatic carbocycles. The molecule has 2 aromatic heterocycles. The molecule has 0 unspecified atom stereocenters. The molecule has 2 heterocycles. The highest BCUT2D eigenvalue weighted by Gasteiger charge is 2.02. The number of nitrogens with one attached hydrogen (secondary N) is 1. The van der Waals surface area contributed by atoms with Gasteiger partial charge in [-0.2, -0.15) is 5.10 Å². The van der Waals surface area contributed by atoms with Crippen molar-refractivity contribution in [1.82, 2.24) is 15.1 Å². The van der Waals surface area contributed by atoms with Gasteiger partial charge in [0.1, 0.15) is 0 Å². The molecular formula is C11H16ClN3S. The van der Waals surface area contributed by atoms with Crippen LogP contribution in [0.5, 0.6) is 0 Å². The van der Waals surface area contributed by atoms with Crippen LogP contribution in [-0.4, -0.2) is 9.78 Å². The quantitative estimate of drug-likeness (QED) is 0.912. The van der Waals surface area contributed by atoms with Crippen LogP contribution in [0.4, 0.5) is 0 Å². The van der Waals surface area contributed by atoms with Gasteiger partial charge in [-0.1, -0.05) is 6.07 Å². The summed E-state index contributed by atoms with van der Waals surface area (Å²) >= 11 is 1.78. The summed E-state index contributed by atoms with van der Waals surface area (Å²) < 4.78 is 1.90. The van der Waals surface area contributed by atoms with Gasteiger partial charge >= 0.3 is 0 Å². The molecule has 0 aliphatic rings. The Morgan fingerprint density at radius 2 is 2.25 bits per heavy atom. The SMILES string of the molecule is Cc1c(CNCc2cccs2)cnn1C.Cl. The van der Waals surface area contributed by atoms with Crippen LogP contribution in [0.2, 0.25) is 0 Å². The summed E-state index contributed by atoms with van der Waals surface area (Å²) in [6.45, 7) is 3.92. The van der Waals surface area contributed by atoms with Gasteiger partial charge < -0.3 is 5.32 Å². The van der Waals surface area contributed by atoms with Crippen molar-refractivity contribution in [1.29, 1.82) is 0 Å². The zero-order valence-electron chi connectivity index (χ0n) is 9.43. The molecule has 0 fully saturated rings. The van der Waals surface area contributed by atoms with E-state index in [1.54, 1.807) is 11.3 Å². The summed E-state index contributed by atoms with van der Waals surface area (Å²) in [5.41, 5.74) is 2.50. The van der Waals surface area contributed by atoms with Gasteiger partial charge in [-0.15, -0.1) is 23.7 Å². The number of rotatable bonds is 4. The third kappa shape index (κ3) is 3.07. The Balaban J connectivity index is 0.00000128. The lowest BCUT2D eigenvalue weighted by atomic mass is 10.2. The molecule has 0 saturated carbocycles. The van der Waals surface area contributed by atoms with E-state index in [0.29, 0.717) is 0 Å². The third-order valence-corrected chi connectivity index (χ3v) is 3.41. The molecule has 0 aliphatic heterocycles. The van der Waals surface area contributed by atoms with Crippen molar-refractivity contribution in [2.45, 2.75) is 20.0 Å². The number of halogens is 1. The van der Waals surface area contributed by atoms with Gasteiger partial charge in [-0.25, -0.2) is 0 Å². The lowest BCUT2D eigenvalue weighted by molar-refractivity contribution is 0.691. The van der Waals surface area contributed by atoms with Crippen LogP contribution in [0.3, 0.4) is 0 Å². The molecule has 0 spiro atoms. The van der Waals surface area contributed by atoms with Crippen LogP contribution < -0.4 is 5.32 Å². The van der Waals surface area contributed by atoms with Crippen molar-refractivity contribution in [3.05, 3.63) is 39.8 Å². The second-order valence-electron chi connectivity index (χ2n) is 3.56. The lowest BCUT2D eigenvalue weighted by Gasteiger charge is -2.02. The van der Waals surface area contributed by atoms with Crippen molar-refractivity contribution < 1.29 is 0 Å². The van der Waals surface area contributed by atoms with Crippen LogP contribution in [0, 0.1) is 6.92 Å². The van der Waals surface area contributed by atoms with Crippen molar-refractivity contribution >= 4 is 23.7 Å². The van der Waals surface area contributed by atoms with E-state index in [1.807, 2.05) is 17.9 Å². The van der Waals surface area contributed by atoms with Crippen LogP contribution in [0.1, 0.15) is 16.1 Å². The largest absolute Gasteiger partial charge is 0.308 e. The van der Waals surface area contributed by atoms with Crippen molar-refractivity contribution in [3.63, 3.8) is 0 Å². The molecule has 2 aromatic rings. The summed E-state index contributed by atoms with van der Waals surface area (Å²) in [6, 6.07) is 4.23. The summed E-state index contributed by atoms with van der Waals surface area (Å²) in [4.78, 5) is 1.37. The molecule has 5 heteroatoms. The maximum atomic E-state index is 4.21. The number of aromatic nitrogens is 2. The van der Waals surface area contributed by atoms with E-state index in [0.717, 1.165) is 13.1 Å². The minimum absolute atomic E-state index is 0. The average Bonchev–Trinajstić information content (AvgIpc) is 2.83. The fourth-order valence-corrected chi connectivity index (χ4v) is 2.13. The van der Waals surface area contributed by atoms with E-state index in [9.17, 15) is 0 Å². The Morgan fingerprint density at radius 1 is 1.44 bits per heavy atom. The van der Waals surface area contributed by atoms with Crippen LogP contribution in [0.15, 0.2) is 23.7 Å². The summed E-state index contributed by atoms with van der Waals surface area (Å²) in [5.74, 6) is 0. The molecule has 88 valence electrons. The lowest BCUT2D eigenvalue weighted by Crippen LogP contribution is -2.12. The monoisotopic (exact) mass is 257 g/mol. The minimum Gasteiger partial charge on any atom is -0.308 e. The number of hydrogen-bond acceptors (Lipinski definition) is 3. The fraction of sp³-hybridized carbons (Fsp3) is 0.364. The molecule has 0 radical (unpaired) electrons. The van der Waals surface area contributed by atoms with E-state index < -0.39 is 0 Å². The number of nitrogens with zero attached hydrogens (tertiary/aromatic N) is 2. The van der Waals surface area contributed by atoms with E-state index in [4.69, 9.17) is 0 Å². The molecule has 0 bridgehead atoms. The highest BCUT2D eigenvalue weighted by Crippen LogP contribution is 2.09. The van der Waals surface area contributed by atoms with Crippen LogP contribution in [0.25, 0.3) is 0 Å². The fourth-order valence-electron chi connectivity index (χ4n) is 1.45. The maximum Gasteiger partial charge on any atom is 0.0537 e. The first-order chi connectivity index (χ1) is 7.27. The molecular weight excluding hydrogens is 242 g/mol. The minimum atomic E-state index is 0. The molecule has 3 nitrogen and oxygen atoms in total. The van der Waals surface area contributed by atoms with Gasteiger partial charge in [0.15, 0.2) is 0 Å². The molecule has 0 aromatic carbocycles. The van der Waals surface area contributed by atoms with Crippen molar-refractivity contribution in [2.24, 2.45) is 7.05 Å². The maximum absolute atomic E-state index is 4.21. The highest BCUT2D eigenvalue weighted by molar-refractivity contribution is 7.09. The topological polar surface area (TPSA) is 29.9 Å². The Bertz CT molecular complexity index is 422. The Labute approximate surface area is 106 Å². The first kappa shape index (κ1) is 13.2. The van der Waals surface area contributed by atoms with Crippen LogP contribution >= 0.6 is 23.7 Å². The summed E-state index contributed by atoms with van der Waals surface area (Å²) in [6.07, 6.45) is 1.93. The predicted molar refractivity (Wildman–Crippen MR) is 70.1 cm³/mol. The molecule has 0 amide bonds. The molecule has 2 rings (SSSR count). The van der Waals surface area contributed by atoms with Gasteiger partial charge in [-0.05, 0) is 18.4 Å².